The maximum atomic E-state index is 13.6. The van der Waals surface area contributed by atoms with Gasteiger partial charge in [0.2, 0.25) is 0 Å². The molecule has 2 fully saturated rings. The minimum atomic E-state index is -0.424. The number of hydrogen-bond donors (Lipinski definition) is 4. The van der Waals surface area contributed by atoms with Gasteiger partial charge in [0, 0.05) is 23.9 Å². The second-order valence-electron chi connectivity index (χ2n) is 7.58. The summed E-state index contributed by atoms with van der Waals surface area (Å²) in [5.74, 6) is 1.57. The van der Waals surface area contributed by atoms with Gasteiger partial charge in [-0.1, -0.05) is 6.07 Å². The second kappa shape index (κ2) is 8.14. The normalized spacial score (nSPS) is 21.6. The smallest absolute Gasteiger partial charge is 0.163 e. The summed E-state index contributed by atoms with van der Waals surface area (Å²) in [6.45, 7) is 1.49. The quantitative estimate of drug-likeness (QED) is 0.509. The largest absolute Gasteiger partial charge is 0.391 e. The Balaban J connectivity index is 0.00000205. The van der Waals surface area contributed by atoms with Crippen molar-refractivity contribution >= 4 is 35.4 Å². The minimum absolute atomic E-state index is 0. The molecule has 2 atom stereocenters. The van der Waals surface area contributed by atoms with Gasteiger partial charge < -0.3 is 21.1 Å². The molecule has 1 aliphatic carbocycles. The zero-order valence-corrected chi connectivity index (χ0v) is 16.6. The van der Waals surface area contributed by atoms with Crippen molar-refractivity contribution in [1.29, 1.82) is 0 Å². The van der Waals surface area contributed by atoms with Crippen molar-refractivity contribution in [2.45, 2.75) is 37.3 Å². The predicted octanol–water partition coefficient (Wildman–Crippen LogP) is 3.05. The number of rotatable bonds is 5. The van der Waals surface area contributed by atoms with Crippen LogP contribution in [0.2, 0.25) is 0 Å². The number of nitrogens with one attached hydrogen (secondary N) is 3. The van der Waals surface area contributed by atoms with Crippen molar-refractivity contribution in [3.05, 3.63) is 47.9 Å². The Bertz CT molecular complexity index is 1010. The summed E-state index contributed by atoms with van der Waals surface area (Å²) in [5, 5.41) is 24.7. The van der Waals surface area contributed by atoms with Gasteiger partial charge in [-0.15, -0.1) is 12.4 Å². The number of piperidine rings is 1. The Morgan fingerprint density at radius 1 is 1.21 bits per heavy atom. The topological polar surface area (TPSA) is 86.5 Å². The zero-order chi connectivity index (χ0) is 19.1. The summed E-state index contributed by atoms with van der Waals surface area (Å²) in [5.41, 5.74) is 2.57. The molecule has 0 bridgehead atoms. The van der Waals surface area contributed by atoms with Crippen molar-refractivity contribution in [3.63, 3.8) is 0 Å². The van der Waals surface area contributed by atoms with Gasteiger partial charge in [0.15, 0.2) is 5.65 Å². The Labute approximate surface area is 174 Å². The van der Waals surface area contributed by atoms with Crippen molar-refractivity contribution in [2.24, 2.45) is 0 Å². The lowest BCUT2D eigenvalue weighted by Crippen LogP contribution is -2.48. The number of benzene rings is 1. The third-order valence-electron chi connectivity index (χ3n) is 5.39. The summed E-state index contributed by atoms with van der Waals surface area (Å²) in [6.07, 6.45) is 4.45. The summed E-state index contributed by atoms with van der Waals surface area (Å²) < 4.78 is 15.4. The molecule has 0 unspecified atom stereocenters. The molecule has 3 aromatic rings. The summed E-state index contributed by atoms with van der Waals surface area (Å²) in [7, 11) is 0. The molecule has 9 heteroatoms. The first-order valence-corrected chi connectivity index (χ1v) is 9.74. The first-order chi connectivity index (χ1) is 13.7. The lowest BCUT2D eigenvalue weighted by atomic mass is 10.0. The first kappa shape index (κ1) is 19.9. The fourth-order valence-corrected chi connectivity index (χ4v) is 3.72. The van der Waals surface area contributed by atoms with E-state index in [9.17, 15) is 9.50 Å². The Morgan fingerprint density at radius 3 is 2.83 bits per heavy atom. The van der Waals surface area contributed by atoms with Gasteiger partial charge in [0.05, 0.1) is 18.3 Å². The minimum Gasteiger partial charge on any atom is -0.391 e. The SMILES string of the molecule is Cl.O[C@H]1CCNC[C@@H]1Nc1cc(Nc2cccc(F)c2)n2ncc(C3CC3)c2n1. The van der Waals surface area contributed by atoms with Crippen LogP contribution in [0, 0.1) is 5.82 Å². The van der Waals surface area contributed by atoms with E-state index in [0.717, 1.165) is 30.6 Å². The van der Waals surface area contributed by atoms with Crippen molar-refractivity contribution < 1.29 is 9.50 Å². The lowest BCUT2D eigenvalue weighted by Gasteiger charge is -2.29. The predicted molar refractivity (Wildman–Crippen MR) is 113 cm³/mol. The van der Waals surface area contributed by atoms with E-state index < -0.39 is 6.10 Å². The molecule has 2 aliphatic rings. The first-order valence-electron chi connectivity index (χ1n) is 9.74. The van der Waals surface area contributed by atoms with Crippen LogP contribution in [0.5, 0.6) is 0 Å². The van der Waals surface area contributed by atoms with Crippen LogP contribution in [0.15, 0.2) is 36.5 Å². The van der Waals surface area contributed by atoms with E-state index in [2.05, 4.69) is 21.0 Å². The van der Waals surface area contributed by atoms with E-state index >= 15 is 0 Å². The molecule has 0 amide bonds. The van der Waals surface area contributed by atoms with Gasteiger partial charge >= 0.3 is 0 Å². The van der Waals surface area contributed by atoms with E-state index in [1.54, 1.807) is 10.6 Å². The molecule has 1 aliphatic heterocycles. The van der Waals surface area contributed by atoms with Crippen LogP contribution < -0.4 is 16.0 Å². The van der Waals surface area contributed by atoms with Crippen LogP contribution in [0.4, 0.5) is 21.7 Å². The number of aliphatic hydroxyl groups excluding tert-OH is 1. The van der Waals surface area contributed by atoms with Gasteiger partial charge in [0.1, 0.15) is 17.5 Å². The molecule has 3 heterocycles. The van der Waals surface area contributed by atoms with Crippen molar-refractivity contribution in [3.8, 4) is 0 Å². The Hall–Kier alpha value is -2.42. The van der Waals surface area contributed by atoms with Gasteiger partial charge in [-0.2, -0.15) is 9.61 Å². The maximum absolute atomic E-state index is 13.6. The molecular weight excluding hydrogens is 395 g/mol. The van der Waals surface area contributed by atoms with Crippen LogP contribution in [0.1, 0.15) is 30.7 Å². The van der Waals surface area contributed by atoms with Gasteiger partial charge in [-0.25, -0.2) is 9.37 Å². The molecule has 2 aromatic heterocycles. The molecule has 1 saturated heterocycles. The highest BCUT2D eigenvalue weighted by Gasteiger charge is 2.29. The average Bonchev–Trinajstić information content (AvgIpc) is 3.43. The van der Waals surface area contributed by atoms with Crippen molar-refractivity contribution in [1.82, 2.24) is 19.9 Å². The number of anilines is 3. The zero-order valence-electron chi connectivity index (χ0n) is 15.8. The summed E-state index contributed by atoms with van der Waals surface area (Å²) >= 11 is 0. The van der Waals surface area contributed by atoms with E-state index in [0.29, 0.717) is 36.2 Å². The highest BCUT2D eigenvalue weighted by atomic mass is 35.5. The van der Waals surface area contributed by atoms with Gasteiger partial charge in [-0.05, 0) is 49.9 Å². The fraction of sp³-hybridized carbons (Fsp3) is 0.400. The second-order valence-corrected chi connectivity index (χ2v) is 7.58. The summed E-state index contributed by atoms with van der Waals surface area (Å²) in [6, 6.07) is 8.07. The van der Waals surface area contributed by atoms with Crippen LogP contribution in [0.3, 0.4) is 0 Å². The Kier molecular flexibility index (Phi) is 5.58. The van der Waals surface area contributed by atoms with Crippen LogP contribution in [-0.2, 0) is 0 Å². The van der Waals surface area contributed by atoms with E-state index in [4.69, 9.17) is 4.98 Å². The molecule has 0 spiro atoms. The van der Waals surface area contributed by atoms with E-state index in [1.165, 1.54) is 12.1 Å². The number of fused-ring (bicyclic) bond motifs is 1. The fourth-order valence-electron chi connectivity index (χ4n) is 3.72. The maximum Gasteiger partial charge on any atom is 0.163 e. The standard InChI is InChI=1S/C20H23FN6O.ClH/c21-13-2-1-3-14(8-13)24-19-9-18(25-16-11-22-7-6-17(16)28)26-20-15(12-4-5-12)10-23-27(19)20;/h1-3,8-10,12,16-17,22,24,28H,4-7,11H2,(H,25,26);1H/t16-,17-;/m0./s1. The third kappa shape index (κ3) is 4.14. The molecule has 29 heavy (non-hydrogen) atoms. The molecule has 7 nitrogen and oxygen atoms in total. The van der Waals surface area contributed by atoms with Crippen LogP contribution >= 0.6 is 12.4 Å². The van der Waals surface area contributed by atoms with Crippen LogP contribution in [-0.4, -0.2) is 44.9 Å². The molecule has 1 saturated carbocycles. The van der Waals surface area contributed by atoms with Crippen molar-refractivity contribution in [2.75, 3.05) is 23.7 Å². The molecule has 0 radical (unpaired) electrons. The van der Waals surface area contributed by atoms with Crippen LogP contribution in [0.25, 0.3) is 5.65 Å². The lowest BCUT2D eigenvalue weighted by molar-refractivity contribution is 0.124. The average molecular weight is 419 g/mol. The third-order valence-corrected chi connectivity index (χ3v) is 5.39. The molecular formula is C20H24ClFN6O. The van der Waals surface area contributed by atoms with E-state index in [1.807, 2.05) is 18.3 Å². The molecule has 4 N–H and O–H groups in total. The highest BCUT2D eigenvalue weighted by molar-refractivity contribution is 5.85. The number of nitrogens with zero attached hydrogens (tertiary/aromatic N) is 3. The molecule has 154 valence electrons. The number of aromatic nitrogens is 3. The monoisotopic (exact) mass is 418 g/mol. The Morgan fingerprint density at radius 2 is 2.07 bits per heavy atom. The number of hydrogen-bond acceptors (Lipinski definition) is 6. The van der Waals surface area contributed by atoms with Gasteiger partial charge in [-0.3, -0.25) is 0 Å². The number of halogens is 2. The molecule has 1 aromatic carbocycles. The summed E-state index contributed by atoms with van der Waals surface area (Å²) in [4.78, 5) is 4.78. The van der Waals surface area contributed by atoms with E-state index in [-0.39, 0.29) is 24.3 Å². The highest BCUT2D eigenvalue weighted by Crippen LogP contribution is 2.42. The number of aliphatic hydroxyl groups is 1. The molecule has 5 rings (SSSR count). The van der Waals surface area contributed by atoms with Gasteiger partial charge in [0.25, 0.3) is 0 Å².